The minimum Gasteiger partial charge on any atom is -0.508 e. The molecule has 0 aliphatic rings. The highest BCUT2D eigenvalue weighted by molar-refractivity contribution is 5.96. The fraction of sp³-hybridized carbons (Fsp3) is 0.538. The van der Waals surface area contributed by atoms with Crippen LogP contribution >= 0.6 is 0 Å². The molecule has 2 aromatic rings. The van der Waals surface area contributed by atoms with E-state index in [1.807, 2.05) is 58.0 Å². The van der Waals surface area contributed by atoms with Crippen LogP contribution in [0, 0.1) is 11.8 Å². The van der Waals surface area contributed by atoms with Gasteiger partial charge in [-0.05, 0) is 87.1 Å². The molecule has 5 amide bonds. The molecule has 0 aromatic heterocycles. The Bertz CT molecular complexity index is 1520. The third-order valence-electron chi connectivity index (χ3n) is 8.64. The number of hydrogen-bond acceptors (Lipinski definition) is 9. The predicted octanol–water partition coefficient (Wildman–Crippen LogP) is 1.25. The first kappa shape index (κ1) is 45.1. The summed E-state index contributed by atoms with van der Waals surface area (Å²) in [4.78, 5) is 79.1. The van der Waals surface area contributed by atoms with E-state index in [-0.39, 0.29) is 49.7 Å². The number of amides is 5. The van der Waals surface area contributed by atoms with Gasteiger partial charge in [-0.25, -0.2) is 4.79 Å². The molecule has 0 radical (unpaired) electrons. The van der Waals surface area contributed by atoms with Crippen molar-refractivity contribution in [2.24, 2.45) is 23.3 Å². The van der Waals surface area contributed by atoms with Crippen LogP contribution < -0.4 is 38.1 Å². The number of phenols is 1. The lowest BCUT2D eigenvalue weighted by atomic mass is 9.98. The summed E-state index contributed by atoms with van der Waals surface area (Å²) in [5.41, 5.74) is 13.1. The Balaban J connectivity index is 2.26. The van der Waals surface area contributed by atoms with Crippen molar-refractivity contribution < 1.29 is 39.0 Å². The third-order valence-corrected chi connectivity index (χ3v) is 8.64. The Kier molecular flexibility index (Phi) is 19.2. The molecule has 0 aliphatic carbocycles. The molecule has 0 aliphatic heterocycles. The van der Waals surface area contributed by atoms with Gasteiger partial charge in [0.15, 0.2) is 0 Å². The second-order valence-corrected chi connectivity index (χ2v) is 14.5. The fourth-order valence-corrected chi connectivity index (χ4v) is 5.69. The summed E-state index contributed by atoms with van der Waals surface area (Å²) >= 11 is 0. The number of nitrogens with two attached hydrogens (primary N) is 2. The molecule has 54 heavy (non-hydrogen) atoms. The van der Waals surface area contributed by atoms with Gasteiger partial charge in [0, 0.05) is 6.42 Å². The maximum absolute atomic E-state index is 13.9. The molecule has 15 nitrogen and oxygen atoms in total. The Labute approximate surface area is 317 Å². The normalized spacial score (nSPS) is 14.5. The number of aliphatic carboxylic acids is 1. The van der Waals surface area contributed by atoms with Crippen LogP contribution in [-0.2, 0) is 41.6 Å². The van der Waals surface area contributed by atoms with Gasteiger partial charge in [0.05, 0.1) is 6.04 Å². The summed E-state index contributed by atoms with van der Waals surface area (Å²) < 4.78 is 0. The van der Waals surface area contributed by atoms with E-state index in [2.05, 4.69) is 26.6 Å². The fourth-order valence-electron chi connectivity index (χ4n) is 5.69. The van der Waals surface area contributed by atoms with Crippen molar-refractivity contribution in [3.63, 3.8) is 0 Å². The largest absolute Gasteiger partial charge is 0.508 e. The number of phenolic OH excluding ortho intramolecular Hbond substituents is 1. The lowest BCUT2D eigenvalue weighted by molar-refractivity contribution is -0.142. The summed E-state index contributed by atoms with van der Waals surface area (Å²) in [6.07, 6.45) is 1.91. The molecule has 0 unspecified atom stereocenters. The zero-order chi connectivity index (χ0) is 40.4. The number of carbonyl (C=O) groups is 6. The standard InChI is InChI=1S/C39H59N7O8/c1-23(2)19-31(44-35(49)29(41)21-26-11-7-6-8-12-26)37(51)45-32(20-24(3)4)38(52)46-33(22-27-14-16-28(47)17-15-27)36(50)42-25(5)34(48)43-30(39(53)54)13-9-10-18-40/h6-8,11-12,14-17,23-25,29-33,47H,9-10,13,18-22,40-41H2,1-5H3,(H,42,50)(H,43,48)(H,44,49)(H,45,51)(H,46,52)(H,53,54)/t25-,29-,30-,31-,32-,33-/m0/s1. The van der Waals surface area contributed by atoms with Crippen LogP contribution in [0.1, 0.15) is 77.8 Å². The van der Waals surface area contributed by atoms with E-state index in [0.717, 1.165) is 5.56 Å². The molecule has 0 spiro atoms. The molecular weight excluding hydrogens is 694 g/mol. The van der Waals surface area contributed by atoms with Crippen molar-refractivity contribution in [2.45, 2.75) is 116 Å². The predicted molar refractivity (Wildman–Crippen MR) is 205 cm³/mol. The van der Waals surface area contributed by atoms with Crippen molar-refractivity contribution in [1.29, 1.82) is 0 Å². The van der Waals surface area contributed by atoms with Gasteiger partial charge in [-0.3, -0.25) is 24.0 Å². The molecule has 0 bridgehead atoms. The number of nitrogens with one attached hydrogen (secondary N) is 5. The summed E-state index contributed by atoms with van der Waals surface area (Å²) in [6.45, 7) is 9.29. The van der Waals surface area contributed by atoms with Crippen molar-refractivity contribution >= 4 is 35.5 Å². The van der Waals surface area contributed by atoms with Gasteiger partial charge in [-0.2, -0.15) is 0 Å². The van der Waals surface area contributed by atoms with E-state index in [9.17, 15) is 39.0 Å². The molecule has 0 fully saturated rings. The maximum Gasteiger partial charge on any atom is 0.326 e. The average molecular weight is 754 g/mol. The Morgan fingerprint density at radius 3 is 1.59 bits per heavy atom. The molecular formula is C39H59N7O8. The first-order valence-electron chi connectivity index (χ1n) is 18.5. The molecule has 2 rings (SSSR count). The first-order valence-corrected chi connectivity index (χ1v) is 18.5. The molecule has 11 N–H and O–H groups in total. The zero-order valence-corrected chi connectivity index (χ0v) is 32.0. The molecule has 0 saturated heterocycles. The quantitative estimate of drug-likeness (QED) is 0.0735. The summed E-state index contributed by atoms with van der Waals surface area (Å²) in [7, 11) is 0. The van der Waals surface area contributed by atoms with Gasteiger partial charge in [0.2, 0.25) is 29.5 Å². The molecule has 298 valence electrons. The van der Waals surface area contributed by atoms with Gasteiger partial charge in [0.1, 0.15) is 36.0 Å². The highest BCUT2D eigenvalue weighted by Crippen LogP contribution is 2.14. The molecule has 0 heterocycles. The number of hydrogen-bond donors (Lipinski definition) is 9. The number of rotatable bonds is 23. The van der Waals surface area contributed by atoms with E-state index < -0.39 is 71.8 Å². The zero-order valence-electron chi connectivity index (χ0n) is 32.0. The van der Waals surface area contributed by atoms with Crippen LogP contribution in [0.5, 0.6) is 5.75 Å². The van der Waals surface area contributed by atoms with Crippen LogP contribution in [0.15, 0.2) is 54.6 Å². The Morgan fingerprint density at radius 2 is 1.07 bits per heavy atom. The van der Waals surface area contributed by atoms with E-state index in [0.29, 0.717) is 24.9 Å². The van der Waals surface area contributed by atoms with E-state index in [4.69, 9.17) is 11.5 Å². The maximum atomic E-state index is 13.9. The second-order valence-electron chi connectivity index (χ2n) is 14.5. The summed E-state index contributed by atoms with van der Waals surface area (Å²) in [5.74, 6) is -4.54. The Hall–Kier alpha value is -5.02. The van der Waals surface area contributed by atoms with Crippen molar-refractivity contribution in [2.75, 3.05) is 6.54 Å². The topological polar surface area (TPSA) is 255 Å². The third kappa shape index (κ3) is 16.3. The van der Waals surface area contributed by atoms with Crippen LogP contribution in [0.2, 0.25) is 0 Å². The highest BCUT2D eigenvalue weighted by Gasteiger charge is 2.32. The van der Waals surface area contributed by atoms with E-state index >= 15 is 0 Å². The van der Waals surface area contributed by atoms with E-state index in [1.165, 1.54) is 19.1 Å². The number of benzene rings is 2. The number of carboxylic acids is 1. The van der Waals surface area contributed by atoms with Gasteiger partial charge in [0.25, 0.3) is 0 Å². The SMILES string of the molecule is CC(C)C[C@H](NC(=O)[C@H](CC(C)C)NC(=O)[C@@H](N)Cc1ccccc1)C(=O)N[C@@H](Cc1ccc(O)cc1)C(=O)N[C@@H](C)C(=O)N[C@@H](CCCCN)C(=O)O. The van der Waals surface area contributed by atoms with Gasteiger partial charge in [-0.15, -0.1) is 0 Å². The summed E-state index contributed by atoms with van der Waals surface area (Å²) in [5, 5.41) is 32.6. The highest BCUT2D eigenvalue weighted by atomic mass is 16.4. The van der Waals surface area contributed by atoms with E-state index in [1.54, 1.807) is 12.1 Å². The van der Waals surface area contributed by atoms with Crippen molar-refractivity contribution in [3.05, 3.63) is 65.7 Å². The lowest BCUT2D eigenvalue weighted by Crippen LogP contribution is -2.59. The number of unbranched alkanes of at least 4 members (excludes halogenated alkanes) is 1. The number of aromatic hydroxyl groups is 1. The lowest BCUT2D eigenvalue weighted by Gasteiger charge is -2.28. The Morgan fingerprint density at radius 1 is 0.593 bits per heavy atom. The van der Waals surface area contributed by atoms with Crippen LogP contribution in [0.4, 0.5) is 0 Å². The molecule has 15 heteroatoms. The van der Waals surface area contributed by atoms with Crippen LogP contribution in [0.3, 0.4) is 0 Å². The van der Waals surface area contributed by atoms with Crippen molar-refractivity contribution in [1.82, 2.24) is 26.6 Å². The first-order chi connectivity index (χ1) is 25.5. The average Bonchev–Trinajstić information content (AvgIpc) is 3.10. The van der Waals surface area contributed by atoms with Gasteiger partial charge in [-0.1, -0.05) is 70.2 Å². The smallest absolute Gasteiger partial charge is 0.326 e. The summed E-state index contributed by atoms with van der Waals surface area (Å²) in [6, 6.07) is 8.63. The van der Waals surface area contributed by atoms with Crippen LogP contribution in [0.25, 0.3) is 0 Å². The molecule has 2 aromatic carbocycles. The molecule has 6 atom stereocenters. The van der Waals surface area contributed by atoms with Gasteiger partial charge < -0.3 is 48.3 Å². The monoisotopic (exact) mass is 753 g/mol. The minimum atomic E-state index is -1.24. The molecule has 0 saturated carbocycles. The van der Waals surface area contributed by atoms with Crippen LogP contribution in [-0.4, -0.2) is 88.5 Å². The van der Waals surface area contributed by atoms with Gasteiger partial charge >= 0.3 is 5.97 Å². The number of carbonyl (C=O) groups excluding carboxylic acids is 5. The second kappa shape index (κ2) is 22.9. The number of carboxylic acid groups (broad SMARTS) is 1. The minimum absolute atomic E-state index is 0.00179. The van der Waals surface area contributed by atoms with Crippen molar-refractivity contribution in [3.8, 4) is 5.75 Å².